The van der Waals surface area contributed by atoms with Gasteiger partial charge in [0, 0.05) is 46.2 Å². The summed E-state index contributed by atoms with van der Waals surface area (Å²) >= 11 is 0. The van der Waals surface area contributed by atoms with Crippen LogP contribution in [-0.2, 0) is 22.7 Å². The van der Waals surface area contributed by atoms with Crippen LogP contribution in [0.5, 0.6) is 0 Å². The predicted octanol–water partition coefficient (Wildman–Crippen LogP) is 4.11. The van der Waals surface area contributed by atoms with Crippen molar-refractivity contribution in [3.05, 3.63) is 70.8 Å². The number of benzene rings is 2. The predicted molar refractivity (Wildman–Crippen MR) is 189 cm³/mol. The Kier molecular flexibility index (Phi) is 18.7. The number of aryl methyl sites for hydroxylation is 2. The molecule has 0 aliphatic heterocycles. The van der Waals surface area contributed by atoms with Gasteiger partial charge in [0.2, 0.25) is 5.91 Å². The number of nitrogens with two attached hydrogens (primary N) is 1. The number of hydrogen-bond donors (Lipinski definition) is 8. The maximum Gasteiger partial charge on any atom is 0.329 e. The fourth-order valence-electron chi connectivity index (χ4n) is 5.73. The van der Waals surface area contributed by atoms with Crippen LogP contribution in [-0.4, -0.2) is 56.2 Å². The topological polar surface area (TPSA) is 187 Å². The van der Waals surface area contributed by atoms with Crippen molar-refractivity contribution in [1.82, 2.24) is 32.1 Å². The van der Waals surface area contributed by atoms with Gasteiger partial charge in [0.05, 0.1) is 5.92 Å². The van der Waals surface area contributed by atoms with E-state index in [-0.39, 0.29) is 29.8 Å². The third kappa shape index (κ3) is 16.1. The largest absolute Gasteiger partial charge is 0.481 e. The number of aliphatic carboxylic acids is 1. The van der Waals surface area contributed by atoms with Crippen molar-refractivity contribution in [2.75, 3.05) is 27.2 Å². The van der Waals surface area contributed by atoms with Gasteiger partial charge in [-0.3, -0.25) is 15.0 Å². The molecule has 2 aromatic carbocycles. The molecule has 0 unspecified atom stereocenters. The van der Waals surface area contributed by atoms with E-state index in [1.807, 2.05) is 0 Å². The fourth-order valence-corrected chi connectivity index (χ4v) is 5.73. The summed E-state index contributed by atoms with van der Waals surface area (Å²) in [5.41, 5.74) is 15.2. The van der Waals surface area contributed by atoms with Crippen LogP contribution in [0.25, 0.3) is 0 Å². The van der Waals surface area contributed by atoms with Crippen LogP contribution in [0.4, 0.5) is 9.59 Å². The highest BCUT2D eigenvalue weighted by Crippen LogP contribution is 2.29. The molecule has 2 aliphatic carbocycles. The van der Waals surface area contributed by atoms with Gasteiger partial charge in [0.25, 0.3) is 0 Å². The van der Waals surface area contributed by atoms with Crippen molar-refractivity contribution in [2.45, 2.75) is 78.3 Å². The number of carbonyl (C=O) groups excluding carboxylic acids is 3. The van der Waals surface area contributed by atoms with Crippen molar-refractivity contribution in [1.29, 1.82) is 0 Å². The minimum Gasteiger partial charge on any atom is -0.481 e. The van der Waals surface area contributed by atoms with E-state index >= 15 is 0 Å². The van der Waals surface area contributed by atoms with Crippen LogP contribution in [0, 0.1) is 37.5 Å². The van der Waals surface area contributed by atoms with Gasteiger partial charge in [-0.2, -0.15) is 0 Å². The molecule has 266 valence electrons. The smallest absolute Gasteiger partial charge is 0.329 e. The first-order valence-electron chi connectivity index (χ1n) is 17.0. The number of hydrogen-bond acceptors (Lipinski definition) is 6. The molecule has 2 fully saturated rings. The van der Waals surface area contributed by atoms with Gasteiger partial charge in [0.15, 0.2) is 0 Å². The first-order chi connectivity index (χ1) is 23.0. The Morgan fingerprint density at radius 1 is 0.667 bits per heavy atom. The second-order valence-corrected chi connectivity index (χ2v) is 12.7. The minimum absolute atomic E-state index is 0.108. The molecule has 48 heavy (non-hydrogen) atoms. The molecule has 5 amide bonds. The lowest BCUT2D eigenvalue weighted by atomic mass is 9.81. The molecule has 0 saturated heterocycles. The lowest BCUT2D eigenvalue weighted by Gasteiger charge is -2.27. The summed E-state index contributed by atoms with van der Waals surface area (Å²) in [6.45, 7) is 6.66. The maximum absolute atomic E-state index is 12.3. The van der Waals surface area contributed by atoms with Crippen molar-refractivity contribution in [2.24, 2.45) is 29.4 Å². The van der Waals surface area contributed by atoms with E-state index in [1.54, 1.807) is 14.1 Å². The Balaban J connectivity index is 0.000000276. The average Bonchev–Trinajstić information content (AvgIpc) is 3.10. The van der Waals surface area contributed by atoms with Crippen LogP contribution < -0.4 is 37.9 Å². The highest BCUT2D eigenvalue weighted by atomic mass is 16.4. The standard InChI is InChI=1S/C18H27N3O2.C10H19N3O3.C8H11N/c1-13-3-5-14(6-4-13)11-20-17(22)16-9-7-15(8-10-16)12-21-18(23)19-2;1-11-13-10(16)12-6-7-2-4-8(5-3-7)9(14)15;1-7-2-4-8(6-9)5-3-7/h3-6,15-16H,7-12H2,1-2H3,(H,20,22)(H2,19,21,23);7-8,11H,2-6H2,1H3,(H,14,15)(H2,12,13,16);2-5H,6,9H2,1H3. The molecule has 0 heterocycles. The van der Waals surface area contributed by atoms with E-state index < -0.39 is 5.97 Å². The number of carboxylic acid groups (broad SMARTS) is 1. The Labute approximate surface area is 285 Å². The van der Waals surface area contributed by atoms with Crippen molar-refractivity contribution in [3.63, 3.8) is 0 Å². The van der Waals surface area contributed by atoms with E-state index in [9.17, 15) is 19.2 Å². The molecule has 2 saturated carbocycles. The number of nitrogens with one attached hydrogen (secondary N) is 6. The Morgan fingerprint density at radius 3 is 1.56 bits per heavy atom. The number of carbonyl (C=O) groups is 4. The van der Waals surface area contributed by atoms with Gasteiger partial charge in [-0.05, 0) is 88.2 Å². The molecular formula is C36H57N7O5. The zero-order chi connectivity index (χ0) is 35.3. The molecule has 0 atom stereocenters. The average molecular weight is 668 g/mol. The second-order valence-electron chi connectivity index (χ2n) is 12.7. The Morgan fingerprint density at radius 2 is 1.12 bits per heavy atom. The summed E-state index contributed by atoms with van der Waals surface area (Å²) in [7, 11) is 3.24. The van der Waals surface area contributed by atoms with E-state index in [0.717, 1.165) is 56.9 Å². The molecule has 9 N–H and O–H groups in total. The van der Waals surface area contributed by atoms with Crippen LogP contribution in [0.2, 0.25) is 0 Å². The number of carboxylic acids is 1. The monoisotopic (exact) mass is 667 g/mol. The highest BCUT2D eigenvalue weighted by Gasteiger charge is 2.27. The molecule has 2 aliphatic rings. The highest BCUT2D eigenvalue weighted by molar-refractivity contribution is 5.78. The van der Waals surface area contributed by atoms with E-state index in [4.69, 9.17) is 10.8 Å². The number of rotatable bonds is 10. The van der Waals surface area contributed by atoms with E-state index in [0.29, 0.717) is 38.0 Å². The molecule has 0 aromatic heterocycles. The third-order valence-corrected chi connectivity index (χ3v) is 8.93. The van der Waals surface area contributed by atoms with Crippen LogP contribution in [0.15, 0.2) is 48.5 Å². The molecule has 0 radical (unpaired) electrons. The van der Waals surface area contributed by atoms with Gasteiger partial charge in [-0.15, -0.1) is 0 Å². The minimum atomic E-state index is -0.695. The van der Waals surface area contributed by atoms with Crippen LogP contribution in [0.3, 0.4) is 0 Å². The number of hydrazine groups is 1. The molecule has 0 spiro atoms. The maximum atomic E-state index is 12.3. The van der Waals surface area contributed by atoms with E-state index in [1.165, 1.54) is 16.7 Å². The third-order valence-electron chi connectivity index (χ3n) is 8.93. The zero-order valence-electron chi connectivity index (χ0n) is 29.1. The van der Waals surface area contributed by atoms with Crippen molar-refractivity contribution < 1.29 is 24.3 Å². The lowest BCUT2D eigenvalue weighted by molar-refractivity contribution is -0.143. The van der Waals surface area contributed by atoms with Crippen molar-refractivity contribution >= 4 is 23.9 Å². The van der Waals surface area contributed by atoms with Gasteiger partial charge in [-0.1, -0.05) is 59.7 Å². The molecule has 4 rings (SSSR count). The molecule has 0 bridgehead atoms. The van der Waals surface area contributed by atoms with Crippen molar-refractivity contribution in [3.8, 4) is 0 Å². The number of amides is 5. The molecular weight excluding hydrogens is 610 g/mol. The second kappa shape index (κ2) is 22.4. The molecule has 2 aromatic rings. The summed E-state index contributed by atoms with van der Waals surface area (Å²) in [6, 6.07) is 16.1. The van der Waals surface area contributed by atoms with Gasteiger partial charge in [-0.25, -0.2) is 15.0 Å². The summed E-state index contributed by atoms with van der Waals surface area (Å²) in [4.78, 5) is 45.3. The SMILES string of the molecule is CNC(=O)NCC1CCC(C(=O)NCc2ccc(C)cc2)CC1.CNNC(=O)NCC1CCC(C(=O)O)CC1.Cc1ccc(CN)cc1. The zero-order valence-corrected chi connectivity index (χ0v) is 29.1. The van der Waals surface area contributed by atoms with Gasteiger partial charge in [0.1, 0.15) is 0 Å². The lowest BCUT2D eigenvalue weighted by Crippen LogP contribution is -2.44. The van der Waals surface area contributed by atoms with Gasteiger partial charge < -0.3 is 32.1 Å². The summed E-state index contributed by atoms with van der Waals surface area (Å²) in [5, 5.41) is 20.0. The quantitative estimate of drug-likeness (QED) is 0.175. The Hall–Kier alpha value is -4.16. The first-order valence-corrected chi connectivity index (χ1v) is 17.0. The first kappa shape index (κ1) is 40.0. The summed E-state index contributed by atoms with van der Waals surface area (Å²) < 4.78 is 0. The molecule has 12 heteroatoms. The normalized spacial score (nSPS) is 19.9. The Bertz CT molecular complexity index is 1240. The fraction of sp³-hybridized carbons (Fsp3) is 0.556. The van der Waals surface area contributed by atoms with Crippen LogP contribution >= 0.6 is 0 Å². The summed E-state index contributed by atoms with van der Waals surface area (Å²) in [6.07, 6.45) is 6.97. The van der Waals surface area contributed by atoms with Gasteiger partial charge >= 0.3 is 18.0 Å². The van der Waals surface area contributed by atoms with Crippen LogP contribution in [0.1, 0.15) is 73.6 Å². The number of urea groups is 2. The molecule has 12 nitrogen and oxygen atoms in total. The summed E-state index contributed by atoms with van der Waals surface area (Å²) in [5.74, 6) is 0.258. The van der Waals surface area contributed by atoms with E-state index in [2.05, 4.69) is 94.5 Å².